The molecule has 3 rings (SSSR count). The van der Waals surface area contributed by atoms with Crippen LogP contribution in [0.1, 0.15) is 0 Å². The number of H-pyrrole nitrogens is 2. The van der Waals surface area contributed by atoms with Crippen molar-refractivity contribution in [2.45, 2.75) is 6.54 Å². The van der Waals surface area contributed by atoms with Gasteiger partial charge in [-0.3, -0.25) is 14.8 Å². The predicted octanol–water partition coefficient (Wildman–Crippen LogP) is 0.0386. The van der Waals surface area contributed by atoms with Gasteiger partial charge in [-0.1, -0.05) is 30.3 Å². The lowest BCUT2D eigenvalue weighted by atomic mass is 10.2. The highest BCUT2D eigenvalue weighted by Crippen LogP contribution is 2.21. The molecule has 0 atom stereocenters. The van der Waals surface area contributed by atoms with Crippen molar-refractivity contribution in [3.63, 3.8) is 0 Å². The van der Waals surface area contributed by atoms with E-state index < -0.39 is 11.2 Å². The van der Waals surface area contributed by atoms with Crippen LogP contribution in [0.5, 0.6) is 0 Å². The van der Waals surface area contributed by atoms with Gasteiger partial charge in [0.2, 0.25) is 0 Å². The molecule has 0 saturated carbocycles. The van der Waals surface area contributed by atoms with E-state index in [1.165, 1.54) is 0 Å². The Hall–Kier alpha value is -2.67. The van der Waals surface area contributed by atoms with Crippen molar-refractivity contribution in [2.24, 2.45) is 5.73 Å². The second-order valence-electron chi connectivity index (χ2n) is 4.35. The lowest BCUT2D eigenvalue weighted by Gasteiger charge is -2.06. The topological polar surface area (TPSA) is 110 Å². The highest BCUT2D eigenvalue weighted by molar-refractivity contribution is 5.76. The maximum absolute atomic E-state index is 11.8. The van der Waals surface area contributed by atoms with Crippen LogP contribution in [-0.4, -0.2) is 26.1 Å². The second-order valence-corrected chi connectivity index (χ2v) is 4.35. The number of aromatic amines is 2. The van der Waals surface area contributed by atoms with Crippen LogP contribution in [0.4, 0.5) is 0 Å². The Morgan fingerprint density at radius 2 is 1.90 bits per heavy atom. The lowest BCUT2D eigenvalue weighted by Crippen LogP contribution is -2.23. The van der Waals surface area contributed by atoms with Gasteiger partial charge >= 0.3 is 5.69 Å². The predicted molar refractivity (Wildman–Crippen MR) is 75.5 cm³/mol. The molecule has 0 aliphatic carbocycles. The largest absolute Gasteiger partial charge is 0.329 e. The molecule has 20 heavy (non-hydrogen) atoms. The van der Waals surface area contributed by atoms with E-state index in [0.717, 1.165) is 5.56 Å². The molecule has 0 saturated heterocycles. The van der Waals surface area contributed by atoms with Gasteiger partial charge in [0.1, 0.15) is 11.5 Å². The lowest BCUT2D eigenvalue weighted by molar-refractivity contribution is 0.727. The molecule has 4 N–H and O–H groups in total. The summed E-state index contributed by atoms with van der Waals surface area (Å²) >= 11 is 0. The molecule has 7 heteroatoms. The van der Waals surface area contributed by atoms with Crippen molar-refractivity contribution in [1.29, 1.82) is 0 Å². The fraction of sp³-hybridized carbons (Fsp3) is 0.154. The summed E-state index contributed by atoms with van der Waals surface area (Å²) in [6.07, 6.45) is 0. The van der Waals surface area contributed by atoms with Crippen LogP contribution in [0.2, 0.25) is 0 Å². The van der Waals surface area contributed by atoms with E-state index in [1.54, 1.807) is 4.57 Å². The summed E-state index contributed by atoms with van der Waals surface area (Å²) < 4.78 is 1.75. The first-order chi connectivity index (χ1) is 9.70. The molecule has 0 fully saturated rings. The molecule has 1 aromatic carbocycles. The zero-order valence-corrected chi connectivity index (χ0v) is 10.6. The quantitative estimate of drug-likeness (QED) is 0.624. The van der Waals surface area contributed by atoms with Gasteiger partial charge < -0.3 is 10.3 Å². The maximum Gasteiger partial charge on any atom is 0.327 e. The van der Waals surface area contributed by atoms with Gasteiger partial charge in [0.05, 0.1) is 0 Å². The van der Waals surface area contributed by atoms with Crippen molar-refractivity contribution in [2.75, 3.05) is 6.54 Å². The molecule has 0 spiro atoms. The van der Waals surface area contributed by atoms with Crippen LogP contribution in [0, 0.1) is 0 Å². The minimum absolute atomic E-state index is 0.205. The molecule has 0 aliphatic rings. The molecule has 7 nitrogen and oxygen atoms in total. The first-order valence-electron chi connectivity index (χ1n) is 6.19. The Morgan fingerprint density at radius 3 is 2.60 bits per heavy atom. The maximum atomic E-state index is 11.8. The van der Waals surface area contributed by atoms with Crippen LogP contribution in [0.25, 0.3) is 22.6 Å². The molecule has 0 radical (unpaired) electrons. The van der Waals surface area contributed by atoms with Gasteiger partial charge in [-0.15, -0.1) is 0 Å². The third-order valence-electron chi connectivity index (χ3n) is 3.03. The average molecular weight is 271 g/mol. The van der Waals surface area contributed by atoms with Crippen molar-refractivity contribution in [3.8, 4) is 11.4 Å². The Balaban J connectivity index is 2.37. The summed E-state index contributed by atoms with van der Waals surface area (Å²) in [4.78, 5) is 32.4. The smallest absolute Gasteiger partial charge is 0.327 e. The number of fused-ring (bicyclic) bond motifs is 1. The van der Waals surface area contributed by atoms with Gasteiger partial charge in [-0.25, -0.2) is 9.78 Å². The van der Waals surface area contributed by atoms with Crippen molar-refractivity contribution < 1.29 is 0 Å². The number of benzene rings is 1. The number of hydrogen-bond acceptors (Lipinski definition) is 4. The summed E-state index contributed by atoms with van der Waals surface area (Å²) in [5.41, 5.74) is 6.00. The zero-order valence-electron chi connectivity index (χ0n) is 10.6. The fourth-order valence-corrected chi connectivity index (χ4v) is 2.19. The van der Waals surface area contributed by atoms with Gasteiger partial charge in [-0.05, 0) is 0 Å². The summed E-state index contributed by atoms with van der Waals surface area (Å²) in [6, 6.07) is 9.44. The van der Waals surface area contributed by atoms with Crippen LogP contribution in [0.3, 0.4) is 0 Å². The van der Waals surface area contributed by atoms with E-state index in [9.17, 15) is 9.59 Å². The zero-order chi connectivity index (χ0) is 14.1. The van der Waals surface area contributed by atoms with Crippen LogP contribution in [0.15, 0.2) is 39.9 Å². The number of nitrogens with two attached hydrogens (primary N) is 1. The average Bonchev–Trinajstić information content (AvgIpc) is 2.80. The van der Waals surface area contributed by atoms with Crippen LogP contribution in [-0.2, 0) is 6.54 Å². The molecule has 0 bridgehead atoms. The molecule has 102 valence electrons. The molecular formula is C13H13N5O2. The first-order valence-corrected chi connectivity index (χ1v) is 6.19. The number of nitrogens with zero attached hydrogens (tertiary/aromatic N) is 2. The standard InChI is InChI=1S/C13H13N5O2/c14-6-7-18-10(8-4-2-1-3-5-8)15-9-11(18)16-13(20)17-12(9)19/h1-5H,6-7,14H2,(H2,16,17,19,20). The third-order valence-corrected chi connectivity index (χ3v) is 3.03. The van der Waals surface area contributed by atoms with Crippen molar-refractivity contribution in [3.05, 3.63) is 51.2 Å². The Bertz CT molecular complexity index is 860. The van der Waals surface area contributed by atoms with E-state index in [2.05, 4.69) is 15.0 Å². The molecule has 0 aliphatic heterocycles. The van der Waals surface area contributed by atoms with Gasteiger partial charge in [0.25, 0.3) is 5.56 Å². The molecule has 0 amide bonds. The van der Waals surface area contributed by atoms with Crippen molar-refractivity contribution >= 4 is 11.2 Å². The van der Waals surface area contributed by atoms with E-state index in [4.69, 9.17) is 5.73 Å². The number of rotatable bonds is 3. The SMILES string of the molecule is NCCn1c(-c2ccccc2)nc2c(=O)[nH]c(=O)[nH]c21. The number of nitrogens with one attached hydrogen (secondary N) is 2. The Labute approximate surface area is 113 Å². The first kappa shape index (κ1) is 12.4. The van der Waals surface area contributed by atoms with Gasteiger partial charge in [0, 0.05) is 18.7 Å². The highest BCUT2D eigenvalue weighted by atomic mass is 16.2. The second kappa shape index (κ2) is 4.78. The van der Waals surface area contributed by atoms with Crippen LogP contribution < -0.4 is 17.0 Å². The van der Waals surface area contributed by atoms with Crippen LogP contribution >= 0.6 is 0 Å². The molecule has 3 aromatic rings. The molecule has 0 unspecified atom stereocenters. The van der Waals surface area contributed by atoms with E-state index in [0.29, 0.717) is 24.6 Å². The monoisotopic (exact) mass is 271 g/mol. The fourth-order valence-electron chi connectivity index (χ4n) is 2.19. The summed E-state index contributed by atoms with van der Waals surface area (Å²) in [7, 11) is 0. The molecular weight excluding hydrogens is 258 g/mol. The highest BCUT2D eigenvalue weighted by Gasteiger charge is 2.15. The summed E-state index contributed by atoms with van der Waals surface area (Å²) in [5, 5.41) is 0. The minimum Gasteiger partial charge on any atom is -0.329 e. The number of aromatic nitrogens is 4. The minimum atomic E-state index is -0.555. The van der Waals surface area contributed by atoms with Gasteiger partial charge in [-0.2, -0.15) is 0 Å². The number of hydrogen-bond donors (Lipinski definition) is 3. The third kappa shape index (κ3) is 1.94. The van der Waals surface area contributed by atoms with E-state index >= 15 is 0 Å². The Morgan fingerprint density at radius 1 is 1.15 bits per heavy atom. The summed E-state index contributed by atoms with van der Waals surface area (Å²) in [5.74, 6) is 0.610. The number of imidazole rings is 1. The summed E-state index contributed by atoms with van der Waals surface area (Å²) in [6.45, 7) is 0.834. The molecule has 2 heterocycles. The van der Waals surface area contributed by atoms with Crippen molar-refractivity contribution in [1.82, 2.24) is 19.5 Å². The normalized spacial score (nSPS) is 11.1. The Kier molecular flexibility index (Phi) is 2.96. The van der Waals surface area contributed by atoms with Gasteiger partial charge in [0.15, 0.2) is 5.52 Å². The van der Waals surface area contributed by atoms with E-state index in [1.807, 2.05) is 30.3 Å². The van der Waals surface area contributed by atoms with E-state index in [-0.39, 0.29) is 5.52 Å². The molecule has 2 aromatic heterocycles.